The second-order valence-corrected chi connectivity index (χ2v) is 8.27. The summed E-state index contributed by atoms with van der Waals surface area (Å²) in [4.78, 5) is 23.6. The molecule has 35 heavy (non-hydrogen) atoms. The Labute approximate surface area is 200 Å². The number of benzene rings is 1. The number of alkyl halides is 3. The molecule has 1 aromatic carbocycles. The Bertz CT molecular complexity index is 1320. The molecule has 3 heterocycles. The van der Waals surface area contributed by atoms with Gasteiger partial charge in [-0.15, -0.1) is 0 Å². The van der Waals surface area contributed by atoms with E-state index in [1.807, 2.05) is 13.1 Å². The molecule has 0 atom stereocenters. The lowest BCUT2D eigenvalue weighted by atomic mass is 10.0. The fraction of sp³-hybridized carbons (Fsp3) is 0.280. The summed E-state index contributed by atoms with van der Waals surface area (Å²) < 4.78 is 41.6. The van der Waals surface area contributed by atoms with Crippen LogP contribution in [0.4, 0.5) is 19.0 Å². The molecule has 0 unspecified atom stereocenters. The van der Waals surface area contributed by atoms with Gasteiger partial charge >= 0.3 is 6.18 Å². The Balaban J connectivity index is 1.55. The van der Waals surface area contributed by atoms with Crippen LogP contribution in [0.5, 0.6) is 0 Å². The summed E-state index contributed by atoms with van der Waals surface area (Å²) in [6.07, 6.45) is 0.743. The summed E-state index contributed by atoms with van der Waals surface area (Å²) >= 11 is 0. The van der Waals surface area contributed by atoms with Crippen LogP contribution in [-0.2, 0) is 12.7 Å². The van der Waals surface area contributed by atoms with Gasteiger partial charge < -0.3 is 10.2 Å². The van der Waals surface area contributed by atoms with E-state index in [1.54, 1.807) is 12.3 Å². The van der Waals surface area contributed by atoms with Crippen molar-refractivity contribution in [1.82, 2.24) is 24.5 Å². The number of halogens is 3. The molecule has 0 fully saturated rings. The normalized spacial score (nSPS) is 11.8. The van der Waals surface area contributed by atoms with E-state index in [0.29, 0.717) is 11.5 Å². The number of aromatic nitrogens is 4. The van der Waals surface area contributed by atoms with Gasteiger partial charge in [-0.3, -0.25) is 4.79 Å². The molecule has 7 nitrogen and oxygen atoms in total. The summed E-state index contributed by atoms with van der Waals surface area (Å²) in [5.74, 6) is -0.171. The van der Waals surface area contributed by atoms with E-state index < -0.39 is 17.6 Å². The first-order chi connectivity index (χ1) is 16.8. The molecule has 0 aliphatic rings. The van der Waals surface area contributed by atoms with Gasteiger partial charge in [0.05, 0.1) is 17.5 Å². The van der Waals surface area contributed by atoms with Crippen molar-refractivity contribution in [2.24, 2.45) is 0 Å². The molecule has 4 aromatic rings. The average molecular weight is 483 g/mol. The zero-order chi connectivity index (χ0) is 25.0. The highest BCUT2D eigenvalue weighted by molar-refractivity contribution is 6.02. The van der Waals surface area contributed by atoms with Crippen molar-refractivity contribution >= 4 is 17.4 Å². The number of pyridine rings is 1. The van der Waals surface area contributed by atoms with Crippen LogP contribution in [0.15, 0.2) is 60.9 Å². The van der Waals surface area contributed by atoms with Gasteiger partial charge in [-0.1, -0.05) is 37.6 Å². The van der Waals surface area contributed by atoms with Gasteiger partial charge in [0.1, 0.15) is 5.82 Å². The first-order valence-electron chi connectivity index (χ1n) is 11.2. The maximum atomic E-state index is 13.5. The number of imidazole rings is 1. The largest absolute Gasteiger partial charge is 0.417 e. The number of carbonyl (C=O) groups is 1. The maximum Gasteiger partial charge on any atom is 0.417 e. The quantitative estimate of drug-likeness (QED) is 0.369. The minimum atomic E-state index is -4.54. The number of carbonyl (C=O) groups excluding carboxylic acids is 1. The number of nitrogens with zero attached hydrogens (tertiary/aromatic N) is 5. The minimum Gasteiger partial charge on any atom is -0.305 e. The van der Waals surface area contributed by atoms with Crippen LogP contribution in [0, 0.1) is 0 Å². The monoisotopic (exact) mass is 482 g/mol. The summed E-state index contributed by atoms with van der Waals surface area (Å²) in [7, 11) is 2.05. The predicted octanol–water partition coefficient (Wildman–Crippen LogP) is 5.29. The molecule has 4 rings (SSSR count). The van der Waals surface area contributed by atoms with Crippen LogP contribution in [-0.4, -0.2) is 44.0 Å². The van der Waals surface area contributed by atoms with Gasteiger partial charge in [-0.05, 0) is 49.8 Å². The van der Waals surface area contributed by atoms with Crippen LogP contribution < -0.4 is 5.32 Å². The number of unbranched alkanes of at least 4 members (excludes halogenated alkanes) is 1. The molecule has 1 amide bonds. The lowest BCUT2D eigenvalue weighted by Crippen LogP contribution is -2.19. The molecule has 10 heteroatoms. The maximum absolute atomic E-state index is 13.5. The molecular formula is C25H25F3N6O. The molecule has 0 saturated heterocycles. The third kappa shape index (κ3) is 5.65. The zero-order valence-electron chi connectivity index (χ0n) is 19.4. The van der Waals surface area contributed by atoms with Crippen molar-refractivity contribution in [3.63, 3.8) is 0 Å². The van der Waals surface area contributed by atoms with Gasteiger partial charge in [-0.25, -0.2) is 14.5 Å². The van der Waals surface area contributed by atoms with Crippen LogP contribution in [0.2, 0.25) is 0 Å². The Hall–Kier alpha value is -3.79. The lowest BCUT2D eigenvalue weighted by molar-refractivity contribution is -0.137. The van der Waals surface area contributed by atoms with Crippen LogP contribution >= 0.6 is 0 Å². The number of rotatable bonds is 8. The van der Waals surface area contributed by atoms with E-state index >= 15 is 0 Å². The topological polar surface area (TPSA) is 75.4 Å². The molecule has 0 spiro atoms. The number of amides is 1. The lowest BCUT2D eigenvalue weighted by Gasteiger charge is -2.16. The van der Waals surface area contributed by atoms with E-state index in [1.165, 1.54) is 41.0 Å². The highest BCUT2D eigenvalue weighted by atomic mass is 19.4. The van der Waals surface area contributed by atoms with Crippen molar-refractivity contribution in [3.8, 4) is 11.3 Å². The van der Waals surface area contributed by atoms with Crippen molar-refractivity contribution in [2.75, 3.05) is 18.9 Å². The third-order valence-corrected chi connectivity index (χ3v) is 5.52. The molecule has 1 N–H and O–H groups in total. The molecule has 0 saturated carbocycles. The van der Waals surface area contributed by atoms with Crippen molar-refractivity contribution < 1.29 is 18.0 Å². The van der Waals surface area contributed by atoms with E-state index in [0.717, 1.165) is 37.6 Å². The molecule has 182 valence electrons. The Morgan fingerprint density at radius 2 is 1.86 bits per heavy atom. The highest BCUT2D eigenvalue weighted by Gasteiger charge is 2.33. The number of anilines is 1. The van der Waals surface area contributed by atoms with Gasteiger partial charge in [-0.2, -0.15) is 18.3 Å². The number of hydrogen-bond donors (Lipinski definition) is 1. The second-order valence-electron chi connectivity index (χ2n) is 8.27. The minimum absolute atomic E-state index is 0.0761. The molecule has 0 aliphatic carbocycles. The van der Waals surface area contributed by atoms with Gasteiger partial charge in [0, 0.05) is 18.3 Å². The molecule has 0 radical (unpaired) electrons. The summed E-state index contributed by atoms with van der Waals surface area (Å²) in [6, 6.07) is 11.8. The Morgan fingerprint density at radius 1 is 1.06 bits per heavy atom. The standard InChI is InChI=1S/C25H25F3N6O/c1-3-4-13-33(2)16-17-9-11-22(29-14-17)31-24(35)21-15-30-23-12-10-20(32-34(21)23)18-7-5-6-8-19(18)25(26,27)28/h5-12,14-15H,3-4,13,16H2,1-2H3,(H,29,31,35). The summed E-state index contributed by atoms with van der Waals surface area (Å²) in [6.45, 7) is 3.89. The average Bonchev–Trinajstić information content (AvgIpc) is 3.27. The molecule has 0 aliphatic heterocycles. The van der Waals surface area contributed by atoms with E-state index in [-0.39, 0.29) is 17.0 Å². The Kier molecular flexibility index (Phi) is 7.11. The van der Waals surface area contributed by atoms with Crippen LogP contribution in [0.1, 0.15) is 41.4 Å². The predicted molar refractivity (Wildman–Crippen MR) is 127 cm³/mol. The third-order valence-electron chi connectivity index (χ3n) is 5.52. The molecule has 3 aromatic heterocycles. The first kappa shape index (κ1) is 24.3. The van der Waals surface area contributed by atoms with Gasteiger partial charge in [0.2, 0.25) is 0 Å². The summed E-state index contributed by atoms with van der Waals surface area (Å²) in [5, 5.41) is 6.98. The SMILES string of the molecule is CCCCN(C)Cc1ccc(NC(=O)c2cnc3ccc(-c4ccccc4C(F)(F)F)nn23)nc1. The van der Waals surface area contributed by atoms with Gasteiger partial charge in [0.25, 0.3) is 5.91 Å². The summed E-state index contributed by atoms with van der Waals surface area (Å²) in [5.41, 5.74) is 0.627. The highest BCUT2D eigenvalue weighted by Crippen LogP contribution is 2.36. The smallest absolute Gasteiger partial charge is 0.305 e. The van der Waals surface area contributed by atoms with Crippen LogP contribution in [0.3, 0.4) is 0 Å². The number of hydrogen-bond acceptors (Lipinski definition) is 5. The fourth-order valence-corrected chi connectivity index (χ4v) is 3.72. The van der Waals surface area contributed by atoms with E-state index in [4.69, 9.17) is 0 Å². The van der Waals surface area contributed by atoms with Crippen molar-refractivity contribution in [3.05, 3.63) is 77.7 Å². The van der Waals surface area contributed by atoms with E-state index in [9.17, 15) is 18.0 Å². The first-order valence-corrected chi connectivity index (χ1v) is 11.2. The van der Waals surface area contributed by atoms with Gasteiger partial charge in [0.15, 0.2) is 11.3 Å². The Morgan fingerprint density at radius 3 is 2.57 bits per heavy atom. The van der Waals surface area contributed by atoms with Crippen molar-refractivity contribution in [1.29, 1.82) is 0 Å². The van der Waals surface area contributed by atoms with E-state index in [2.05, 4.69) is 32.2 Å². The fourth-order valence-electron chi connectivity index (χ4n) is 3.72. The van der Waals surface area contributed by atoms with Crippen molar-refractivity contribution in [2.45, 2.75) is 32.5 Å². The zero-order valence-corrected chi connectivity index (χ0v) is 19.4. The second kappa shape index (κ2) is 10.2. The molecular weight excluding hydrogens is 457 g/mol. The molecule has 0 bridgehead atoms. The number of fused-ring (bicyclic) bond motifs is 1. The number of nitrogens with one attached hydrogen (secondary N) is 1. The van der Waals surface area contributed by atoms with Crippen LogP contribution in [0.25, 0.3) is 16.9 Å².